The van der Waals surface area contributed by atoms with Crippen molar-refractivity contribution in [3.63, 3.8) is 0 Å². The molecule has 5 heteroatoms. The van der Waals surface area contributed by atoms with Crippen LogP contribution in [0.3, 0.4) is 0 Å². The summed E-state index contributed by atoms with van der Waals surface area (Å²) in [5, 5.41) is 4.56. The average molecular weight is 345 g/mol. The maximum absolute atomic E-state index is 13.0. The first-order valence-corrected chi connectivity index (χ1v) is 7.04. The topological polar surface area (TPSA) is 42.0 Å². The lowest BCUT2D eigenvalue weighted by Gasteiger charge is -2.06. The van der Waals surface area contributed by atoms with E-state index in [4.69, 9.17) is 0 Å². The summed E-state index contributed by atoms with van der Waals surface area (Å²) in [4.78, 5) is 15.8. The zero-order valence-corrected chi connectivity index (χ0v) is 12.4. The van der Waals surface area contributed by atoms with Gasteiger partial charge in [0.05, 0.1) is 0 Å². The van der Waals surface area contributed by atoms with Gasteiger partial charge in [-0.25, -0.2) is 4.98 Å². The van der Waals surface area contributed by atoms with E-state index in [1.807, 2.05) is 24.3 Å². The first kappa shape index (κ1) is 13.7. The van der Waals surface area contributed by atoms with Gasteiger partial charge in [-0.3, -0.25) is 4.79 Å². The summed E-state index contributed by atoms with van der Waals surface area (Å²) < 4.78 is 14.0. The molecule has 0 bridgehead atoms. The molecule has 1 amide bonds. The Hall–Kier alpha value is -2.27. The van der Waals surface area contributed by atoms with E-state index < -0.39 is 5.95 Å². The molecular formula is C16H10BrFN2O. The minimum absolute atomic E-state index is 0.191. The molecule has 0 aliphatic rings. The van der Waals surface area contributed by atoms with E-state index in [0.717, 1.165) is 15.2 Å². The number of carbonyl (C=O) groups is 1. The lowest BCUT2D eigenvalue weighted by molar-refractivity contribution is 0.102. The summed E-state index contributed by atoms with van der Waals surface area (Å²) in [5.41, 5.74) is 0.496. The number of anilines is 1. The standard InChI is InChI=1S/C16H10BrFN2O/c17-13-7-6-10-8-12(5-4-11(10)9-13)16(21)20-15-3-1-2-14(18)19-15/h1-9H,(H,19,20,21). The van der Waals surface area contributed by atoms with Crippen LogP contribution in [0.5, 0.6) is 0 Å². The first-order valence-electron chi connectivity index (χ1n) is 6.25. The van der Waals surface area contributed by atoms with Crippen molar-refractivity contribution in [2.45, 2.75) is 0 Å². The summed E-state index contributed by atoms with van der Waals surface area (Å²) in [7, 11) is 0. The number of fused-ring (bicyclic) bond motifs is 1. The van der Waals surface area contributed by atoms with Gasteiger partial charge < -0.3 is 5.32 Å². The number of halogens is 2. The number of pyridine rings is 1. The van der Waals surface area contributed by atoms with Gasteiger partial charge in [0.25, 0.3) is 5.91 Å². The Balaban J connectivity index is 1.89. The van der Waals surface area contributed by atoms with Crippen molar-refractivity contribution in [2.24, 2.45) is 0 Å². The molecule has 0 fully saturated rings. The summed E-state index contributed by atoms with van der Waals surface area (Å²) in [6.07, 6.45) is 0. The fourth-order valence-electron chi connectivity index (χ4n) is 2.02. The van der Waals surface area contributed by atoms with Crippen LogP contribution in [-0.4, -0.2) is 10.9 Å². The van der Waals surface area contributed by atoms with Crippen molar-refractivity contribution >= 4 is 38.4 Å². The molecule has 1 aromatic heterocycles. The molecule has 0 unspecified atom stereocenters. The molecule has 1 N–H and O–H groups in total. The maximum Gasteiger partial charge on any atom is 0.256 e. The molecule has 21 heavy (non-hydrogen) atoms. The van der Waals surface area contributed by atoms with Gasteiger partial charge in [0.15, 0.2) is 0 Å². The number of rotatable bonds is 2. The van der Waals surface area contributed by atoms with Gasteiger partial charge in [-0.15, -0.1) is 0 Å². The number of hydrogen-bond acceptors (Lipinski definition) is 2. The second-order valence-corrected chi connectivity index (χ2v) is 5.42. The van der Waals surface area contributed by atoms with Crippen molar-refractivity contribution < 1.29 is 9.18 Å². The second-order valence-electron chi connectivity index (χ2n) is 4.51. The molecule has 0 spiro atoms. The quantitative estimate of drug-likeness (QED) is 0.700. The third kappa shape index (κ3) is 3.08. The highest BCUT2D eigenvalue weighted by Crippen LogP contribution is 2.21. The van der Waals surface area contributed by atoms with E-state index in [1.165, 1.54) is 12.1 Å². The lowest BCUT2D eigenvalue weighted by atomic mass is 10.1. The van der Waals surface area contributed by atoms with Gasteiger partial charge in [0.1, 0.15) is 5.82 Å². The highest BCUT2D eigenvalue weighted by atomic mass is 79.9. The summed E-state index contributed by atoms with van der Waals surface area (Å²) >= 11 is 3.41. The predicted molar refractivity (Wildman–Crippen MR) is 83.8 cm³/mol. The number of hydrogen-bond donors (Lipinski definition) is 1. The van der Waals surface area contributed by atoms with Crippen molar-refractivity contribution in [2.75, 3.05) is 5.32 Å². The van der Waals surface area contributed by atoms with E-state index in [0.29, 0.717) is 5.56 Å². The van der Waals surface area contributed by atoms with Crippen LogP contribution in [0.4, 0.5) is 10.2 Å². The van der Waals surface area contributed by atoms with Crippen LogP contribution in [0.2, 0.25) is 0 Å². The van der Waals surface area contributed by atoms with Gasteiger partial charge in [-0.2, -0.15) is 4.39 Å². The van der Waals surface area contributed by atoms with Crippen LogP contribution in [0.15, 0.2) is 59.1 Å². The predicted octanol–water partition coefficient (Wildman–Crippen LogP) is 4.39. The van der Waals surface area contributed by atoms with E-state index in [9.17, 15) is 9.18 Å². The van der Waals surface area contributed by atoms with Crippen LogP contribution in [0.25, 0.3) is 10.8 Å². The Kier molecular flexibility index (Phi) is 3.66. The second kappa shape index (κ2) is 5.61. The molecule has 0 atom stereocenters. The van der Waals surface area contributed by atoms with E-state index in [2.05, 4.69) is 26.2 Å². The highest BCUT2D eigenvalue weighted by molar-refractivity contribution is 9.10. The third-order valence-corrected chi connectivity index (χ3v) is 3.51. The normalized spacial score (nSPS) is 10.6. The van der Waals surface area contributed by atoms with Crippen LogP contribution < -0.4 is 5.32 Å². The zero-order valence-electron chi connectivity index (χ0n) is 10.8. The number of aromatic nitrogens is 1. The highest BCUT2D eigenvalue weighted by Gasteiger charge is 2.08. The molecule has 2 aromatic carbocycles. The smallest absolute Gasteiger partial charge is 0.256 e. The molecular weight excluding hydrogens is 335 g/mol. The summed E-state index contributed by atoms with van der Waals surface area (Å²) in [5.74, 6) is -0.759. The van der Waals surface area contributed by atoms with Crippen molar-refractivity contribution in [1.29, 1.82) is 0 Å². The molecule has 0 saturated heterocycles. The number of nitrogens with zero attached hydrogens (tertiary/aromatic N) is 1. The van der Waals surface area contributed by atoms with Crippen LogP contribution in [0.1, 0.15) is 10.4 Å². The minimum atomic E-state index is -0.629. The summed E-state index contributed by atoms with van der Waals surface area (Å²) in [6, 6.07) is 15.5. The monoisotopic (exact) mass is 344 g/mol. The fraction of sp³-hybridized carbons (Fsp3) is 0. The van der Waals surface area contributed by atoms with E-state index >= 15 is 0 Å². The van der Waals surface area contributed by atoms with Crippen molar-refractivity contribution in [3.8, 4) is 0 Å². The Morgan fingerprint density at radius 2 is 1.81 bits per heavy atom. The van der Waals surface area contributed by atoms with Gasteiger partial charge >= 0.3 is 0 Å². The van der Waals surface area contributed by atoms with Crippen molar-refractivity contribution in [3.05, 3.63) is 70.6 Å². The molecule has 3 nitrogen and oxygen atoms in total. The Bertz CT molecular complexity index is 835. The Morgan fingerprint density at radius 1 is 1.05 bits per heavy atom. The molecule has 0 radical (unpaired) electrons. The number of carbonyl (C=O) groups excluding carboxylic acids is 1. The third-order valence-electron chi connectivity index (χ3n) is 3.02. The van der Waals surface area contributed by atoms with E-state index in [1.54, 1.807) is 18.2 Å². The zero-order chi connectivity index (χ0) is 14.8. The van der Waals surface area contributed by atoms with Gasteiger partial charge in [0, 0.05) is 10.0 Å². The molecule has 0 aliphatic carbocycles. The molecule has 0 aliphatic heterocycles. The number of amides is 1. The number of nitrogens with one attached hydrogen (secondary N) is 1. The van der Waals surface area contributed by atoms with Crippen molar-refractivity contribution in [1.82, 2.24) is 4.98 Å². The molecule has 3 rings (SSSR count). The minimum Gasteiger partial charge on any atom is -0.306 e. The molecule has 104 valence electrons. The van der Waals surface area contributed by atoms with Gasteiger partial charge in [0.2, 0.25) is 5.95 Å². The van der Waals surface area contributed by atoms with Gasteiger partial charge in [-0.05, 0) is 47.2 Å². The van der Waals surface area contributed by atoms with Crippen LogP contribution in [0, 0.1) is 5.95 Å². The lowest BCUT2D eigenvalue weighted by Crippen LogP contribution is -2.13. The maximum atomic E-state index is 13.0. The van der Waals surface area contributed by atoms with Gasteiger partial charge in [-0.1, -0.05) is 34.1 Å². The largest absolute Gasteiger partial charge is 0.306 e. The average Bonchev–Trinajstić information content (AvgIpc) is 2.46. The number of benzene rings is 2. The summed E-state index contributed by atoms with van der Waals surface area (Å²) in [6.45, 7) is 0. The van der Waals surface area contributed by atoms with E-state index in [-0.39, 0.29) is 11.7 Å². The Morgan fingerprint density at radius 3 is 2.62 bits per heavy atom. The van der Waals surface area contributed by atoms with Crippen LogP contribution in [-0.2, 0) is 0 Å². The SMILES string of the molecule is O=C(Nc1cccc(F)n1)c1ccc2cc(Br)ccc2c1. The van der Waals surface area contributed by atoms with Crippen LogP contribution >= 0.6 is 15.9 Å². The molecule has 0 saturated carbocycles. The Labute approximate surface area is 128 Å². The first-order chi connectivity index (χ1) is 10.1. The fourth-order valence-corrected chi connectivity index (χ4v) is 2.40. The molecule has 3 aromatic rings. The molecule has 1 heterocycles.